The van der Waals surface area contributed by atoms with E-state index in [0.29, 0.717) is 18.7 Å². The molecule has 1 atom stereocenters. The molecule has 2 aromatic rings. The molecule has 1 aliphatic rings. The summed E-state index contributed by atoms with van der Waals surface area (Å²) in [5.74, 6) is -0.105. The van der Waals surface area contributed by atoms with Crippen LogP contribution in [0.2, 0.25) is 0 Å². The molecule has 128 valence electrons. The number of pyridine rings is 1. The molecule has 1 aromatic carbocycles. The van der Waals surface area contributed by atoms with Gasteiger partial charge in [-0.2, -0.15) is 4.31 Å². The summed E-state index contributed by atoms with van der Waals surface area (Å²) in [6.45, 7) is 0.534. The smallest absolute Gasteiger partial charge is 0.243 e. The van der Waals surface area contributed by atoms with Crippen LogP contribution >= 0.6 is 0 Å². The summed E-state index contributed by atoms with van der Waals surface area (Å²) in [6.07, 6.45) is 3.52. The van der Waals surface area contributed by atoms with Crippen molar-refractivity contribution in [1.82, 2.24) is 9.29 Å². The molecule has 0 amide bonds. The van der Waals surface area contributed by atoms with Gasteiger partial charge in [-0.25, -0.2) is 12.8 Å². The maximum atomic E-state index is 13.8. The van der Waals surface area contributed by atoms with Crippen molar-refractivity contribution in [2.24, 2.45) is 0 Å². The van der Waals surface area contributed by atoms with Crippen molar-refractivity contribution >= 4 is 10.0 Å². The van der Waals surface area contributed by atoms with E-state index < -0.39 is 15.8 Å². The Morgan fingerprint density at radius 1 is 1.33 bits per heavy atom. The molecule has 1 saturated heterocycles. The molecule has 1 unspecified atom stereocenters. The van der Waals surface area contributed by atoms with Crippen molar-refractivity contribution in [2.75, 3.05) is 20.2 Å². The molecule has 2 heterocycles. The number of benzene rings is 1. The average molecular weight is 352 g/mol. The molecule has 3 rings (SSSR count). The molecule has 0 bridgehead atoms. The van der Waals surface area contributed by atoms with Crippen LogP contribution in [0, 0.1) is 5.82 Å². The first-order chi connectivity index (χ1) is 11.5. The van der Waals surface area contributed by atoms with Crippen LogP contribution < -0.4 is 9.47 Å². The normalized spacial score (nSPS) is 18.5. The predicted octanol–water partition coefficient (Wildman–Crippen LogP) is 2.07. The van der Waals surface area contributed by atoms with Crippen molar-refractivity contribution in [3.05, 3.63) is 48.5 Å². The van der Waals surface area contributed by atoms with E-state index in [1.165, 1.54) is 23.5 Å². The topological polar surface area (TPSA) is 68.7 Å². The number of rotatable bonds is 5. The summed E-state index contributed by atoms with van der Waals surface area (Å²) in [5, 5.41) is 0. The highest BCUT2D eigenvalue weighted by Crippen LogP contribution is 2.26. The Bertz CT molecular complexity index is 814. The number of hydrogen-bond acceptors (Lipinski definition) is 5. The largest absolute Gasteiger partial charge is 0.494 e. The van der Waals surface area contributed by atoms with Crippen LogP contribution in [-0.2, 0) is 10.0 Å². The van der Waals surface area contributed by atoms with Crippen LogP contribution in [0.1, 0.15) is 6.42 Å². The number of methoxy groups -OCH3 is 1. The van der Waals surface area contributed by atoms with Crippen LogP contribution in [0.15, 0.2) is 47.6 Å². The van der Waals surface area contributed by atoms with Crippen LogP contribution in [0.5, 0.6) is 11.5 Å². The van der Waals surface area contributed by atoms with E-state index in [0.717, 1.165) is 6.07 Å². The number of sulfonamides is 1. The quantitative estimate of drug-likeness (QED) is 0.824. The van der Waals surface area contributed by atoms with E-state index in [1.54, 1.807) is 24.5 Å². The van der Waals surface area contributed by atoms with E-state index in [4.69, 9.17) is 9.47 Å². The van der Waals surface area contributed by atoms with E-state index in [1.807, 2.05) is 0 Å². The summed E-state index contributed by atoms with van der Waals surface area (Å²) >= 11 is 0. The zero-order chi connectivity index (χ0) is 17.2. The first kappa shape index (κ1) is 16.7. The highest BCUT2D eigenvalue weighted by atomic mass is 32.2. The molecule has 0 saturated carbocycles. The first-order valence-electron chi connectivity index (χ1n) is 7.41. The van der Waals surface area contributed by atoms with Gasteiger partial charge < -0.3 is 9.47 Å². The monoisotopic (exact) mass is 352 g/mol. The van der Waals surface area contributed by atoms with Gasteiger partial charge in [0, 0.05) is 12.7 Å². The molecular weight excluding hydrogens is 335 g/mol. The standard InChI is InChI=1S/C16H17FN2O4S/c1-22-16-5-4-14(9-15(16)17)24(20,21)19-8-6-13(11-19)23-12-3-2-7-18-10-12/h2-5,7,9-10,13H,6,8,11H2,1H3. The molecule has 0 aliphatic carbocycles. The molecule has 1 aliphatic heterocycles. The van der Waals surface area contributed by atoms with Gasteiger partial charge in [-0.1, -0.05) is 0 Å². The van der Waals surface area contributed by atoms with Crippen molar-refractivity contribution in [1.29, 1.82) is 0 Å². The zero-order valence-electron chi connectivity index (χ0n) is 13.1. The van der Waals surface area contributed by atoms with E-state index in [-0.39, 0.29) is 23.3 Å². The fourth-order valence-electron chi connectivity index (χ4n) is 2.58. The molecule has 0 radical (unpaired) electrons. The maximum Gasteiger partial charge on any atom is 0.243 e. The fraction of sp³-hybridized carbons (Fsp3) is 0.312. The molecule has 1 fully saturated rings. The number of aromatic nitrogens is 1. The third kappa shape index (κ3) is 3.34. The SMILES string of the molecule is COc1ccc(S(=O)(=O)N2CCC(Oc3cccnc3)C2)cc1F. The van der Waals surface area contributed by atoms with Gasteiger partial charge in [0.05, 0.1) is 24.7 Å². The number of hydrogen-bond donors (Lipinski definition) is 0. The third-order valence-corrected chi connectivity index (χ3v) is 5.67. The van der Waals surface area contributed by atoms with Gasteiger partial charge in [-0.3, -0.25) is 4.98 Å². The summed E-state index contributed by atoms with van der Waals surface area (Å²) in [5.41, 5.74) is 0. The van der Waals surface area contributed by atoms with Gasteiger partial charge >= 0.3 is 0 Å². The first-order valence-corrected chi connectivity index (χ1v) is 8.85. The number of nitrogens with zero attached hydrogens (tertiary/aromatic N) is 2. The summed E-state index contributed by atoms with van der Waals surface area (Å²) < 4.78 is 50.9. The number of halogens is 1. The van der Waals surface area contributed by atoms with Gasteiger partial charge in [-0.15, -0.1) is 0 Å². The Hall–Kier alpha value is -2.19. The average Bonchev–Trinajstić information content (AvgIpc) is 3.05. The zero-order valence-corrected chi connectivity index (χ0v) is 13.9. The van der Waals surface area contributed by atoms with Gasteiger partial charge in [0.25, 0.3) is 0 Å². The second kappa shape index (κ2) is 6.74. The van der Waals surface area contributed by atoms with E-state index >= 15 is 0 Å². The van der Waals surface area contributed by atoms with Crippen molar-refractivity contribution in [2.45, 2.75) is 17.4 Å². The highest BCUT2D eigenvalue weighted by molar-refractivity contribution is 7.89. The van der Waals surface area contributed by atoms with Crippen molar-refractivity contribution in [3.8, 4) is 11.5 Å². The maximum absolute atomic E-state index is 13.8. The summed E-state index contributed by atoms with van der Waals surface area (Å²) in [4.78, 5) is 3.86. The third-order valence-electron chi connectivity index (χ3n) is 3.81. The minimum absolute atomic E-state index is 0.00756. The molecule has 0 spiro atoms. The second-order valence-electron chi connectivity index (χ2n) is 5.38. The minimum atomic E-state index is -3.77. The second-order valence-corrected chi connectivity index (χ2v) is 7.31. The molecule has 8 heteroatoms. The number of ether oxygens (including phenoxy) is 2. The minimum Gasteiger partial charge on any atom is -0.494 e. The molecule has 24 heavy (non-hydrogen) atoms. The van der Waals surface area contributed by atoms with Crippen LogP contribution in [0.4, 0.5) is 4.39 Å². The fourth-order valence-corrected chi connectivity index (χ4v) is 4.08. The van der Waals surface area contributed by atoms with E-state index in [2.05, 4.69) is 4.98 Å². The highest BCUT2D eigenvalue weighted by Gasteiger charge is 2.34. The Labute approximate surface area is 139 Å². The Kier molecular flexibility index (Phi) is 4.68. The Balaban J connectivity index is 1.73. The van der Waals surface area contributed by atoms with Crippen molar-refractivity contribution in [3.63, 3.8) is 0 Å². The Morgan fingerprint density at radius 2 is 2.17 bits per heavy atom. The van der Waals surface area contributed by atoms with Gasteiger partial charge in [0.15, 0.2) is 11.6 Å². The molecule has 0 N–H and O–H groups in total. The predicted molar refractivity (Wildman–Crippen MR) is 85.0 cm³/mol. The summed E-state index contributed by atoms with van der Waals surface area (Å²) in [7, 11) is -2.44. The summed E-state index contributed by atoms with van der Waals surface area (Å²) in [6, 6.07) is 7.14. The van der Waals surface area contributed by atoms with Gasteiger partial charge in [0.1, 0.15) is 11.9 Å². The lowest BCUT2D eigenvalue weighted by Gasteiger charge is -2.17. The van der Waals surface area contributed by atoms with Crippen molar-refractivity contribution < 1.29 is 22.3 Å². The molecule has 6 nitrogen and oxygen atoms in total. The van der Waals surface area contributed by atoms with Crippen LogP contribution in [-0.4, -0.2) is 44.0 Å². The van der Waals surface area contributed by atoms with Gasteiger partial charge in [0.2, 0.25) is 10.0 Å². The van der Waals surface area contributed by atoms with Gasteiger partial charge in [-0.05, 0) is 36.8 Å². The Morgan fingerprint density at radius 3 is 2.83 bits per heavy atom. The lowest BCUT2D eigenvalue weighted by molar-refractivity contribution is 0.214. The van der Waals surface area contributed by atoms with Crippen LogP contribution in [0.3, 0.4) is 0 Å². The molecular formula is C16H17FN2O4S. The molecule has 1 aromatic heterocycles. The van der Waals surface area contributed by atoms with E-state index in [9.17, 15) is 12.8 Å². The van der Waals surface area contributed by atoms with Crippen LogP contribution in [0.25, 0.3) is 0 Å². The lowest BCUT2D eigenvalue weighted by Crippen LogP contribution is -2.31. The lowest BCUT2D eigenvalue weighted by atomic mass is 10.3.